The van der Waals surface area contributed by atoms with E-state index in [0.717, 1.165) is 25.7 Å². The minimum atomic E-state index is -0.481. The summed E-state index contributed by atoms with van der Waals surface area (Å²) in [5.74, 6) is -0.118. The first-order valence-corrected chi connectivity index (χ1v) is 11.7. The molecular formula is C23H42N2O4. The standard InChI is InChI=1S/C23H42N2O4/c1-23(2,3)29-22(27)25-17-15-24(16-18-25)19-21(26)28-20-13-11-9-7-5-4-6-8-10-12-14-20/h20H,4-19H2,1-3H3. The van der Waals surface area contributed by atoms with E-state index in [9.17, 15) is 9.59 Å². The molecule has 0 atom stereocenters. The monoisotopic (exact) mass is 410 g/mol. The van der Waals surface area contributed by atoms with Gasteiger partial charge in [-0.05, 0) is 46.5 Å². The zero-order valence-corrected chi connectivity index (χ0v) is 18.9. The van der Waals surface area contributed by atoms with Crippen LogP contribution >= 0.6 is 0 Å². The number of carbonyl (C=O) groups is 2. The summed E-state index contributed by atoms with van der Waals surface area (Å²) in [4.78, 5) is 28.5. The van der Waals surface area contributed by atoms with Gasteiger partial charge in [-0.25, -0.2) is 4.79 Å². The predicted molar refractivity (Wildman–Crippen MR) is 115 cm³/mol. The van der Waals surface area contributed by atoms with E-state index in [1.54, 1.807) is 4.90 Å². The Morgan fingerprint density at radius 1 is 0.793 bits per heavy atom. The van der Waals surface area contributed by atoms with Crippen LogP contribution in [-0.2, 0) is 14.3 Å². The van der Waals surface area contributed by atoms with Crippen LogP contribution < -0.4 is 0 Å². The highest BCUT2D eigenvalue weighted by atomic mass is 16.6. The maximum absolute atomic E-state index is 12.5. The van der Waals surface area contributed by atoms with Gasteiger partial charge in [0.1, 0.15) is 11.7 Å². The first-order valence-electron chi connectivity index (χ1n) is 11.7. The number of nitrogens with zero attached hydrogens (tertiary/aromatic N) is 2. The van der Waals surface area contributed by atoms with Crippen LogP contribution in [0.2, 0.25) is 0 Å². The van der Waals surface area contributed by atoms with Gasteiger partial charge in [0.2, 0.25) is 0 Å². The molecule has 6 heteroatoms. The van der Waals surface area contributed by atoms with Crippen LogP contribution in [0.25, 0.3) is 0 Å². The summed E-state index contributed by atoms with van der Waals surface area (Å²) in [5.41, 5.74) is -0.481. The molecule has 0 radical (unpaired) electrons. The summed E-state index contributed by atoms with van der Waals surface area (Å²) in [6.45, 7) is 8.48. The Morgan fingerprint density at radius 3 is 1.76 bits per heavy atom. The number of carbonyl (C=O) groups excluding carboxylic acids is 2. The lowest BCUT2D eigenvalue weighted by Crippen LogP contribution is -2.51. The SMILES string of the molecule is CC(C)(C)OC(=O)N1CCN(CC(=O)OC2CCCCCCCCCCC2)CC1. The topological polar surface area (TPSA) is 59.1 Å². The van der Waals surface area contributed by atoms with E-state index < -0.39 is 5.60 Å². The average Bonchev–Trinajstić information content (AvgIpc) is 2.63. The van der Waals surface area contributed by atoms with Gasteiger partial charge in [0.05, 0.1) is 6.54 Å². The molecule has 0 unspecified atom stereocenters. The lowest BCUT2D eigenvalue weighted by Gasteiger charge is -2.35. The fraction of sp³-hybridized carbons (Fsp3) is 0.913. The quantitative estimate of drug-likeness (QED) is 0.628. The van der Waals surface area contributed by atoms with Gasteiger partial charge in [0.25, 0.3) is 0 Å². The number of amides is 1. The van der Waals surface area contributed by atoms with Crippen molar-refractivity contribution in [3.8, 4) is 0 Å². The largest absolute Gasteiger partial charge is 0.461 e. The van der Waals surface area contributed by atoms with E-state index in [0.29, 0.717) is 32.7 Å². The lowest BCUT2D eigenvalue weighted by molar-refractivity contribution is -0.151. The third-order valence-electron chi connectivity index (χ3n) is 5.73. The van der Waals surface area contributed by atoms with Crippen molar-refractivity contribution in [3.63, 3.8) is 0 Å². The van der Waals surface area contributed by atoms with Crippen molar-refractivity contribution in [3.05, 3.63) is 0 Å². The number of ether oxygens (including phenoxy) is 2. The summed E-state index contributed by atoms with van der Waals surface area (Å²) >= 11 is 0. The van der Waals surface area contributed by atoms with E-state index in [4.69, 9.17) is 9.47 Å². The number of rotatable bonds is 3. The van der Waals surface area contributed by atoms with Gasteiger partial charge in [-0.1, -0.05) is 44.9 Å². The summed E-state index contributed by atoms with van der Waals surface area (Å²) < 4.78 is 11.3. The smallest absolute Gasteiger partial charge is 0.410 e. The molecule has 0 aromatic rings. The Bertz CT molecular complexity index is 484. The summed E-state index contributed by atoms with van der Waals surface area (Å²) in [6, 6.07) is 0. The van der Waals surface area contributed by atoms with Crippen molar-refractivity contribution in [2.24, 2.45) is 0 Å². The van der Waals surface area contributed by atoms with Crippen molar-refractivity contribution >= 4 is 12.1 Å². The molecule has 1 saturated heterocycles. The van der Waals surface area contributed by atoms with E-state index >= 15 is 0 Å². The first-order chi connectivity index (χ1) is 13.8. The summed E-state index contributed by atoms with van der Waals surface area (Å²) in [5, 5.41) is 0. The van der Waals surface area contributed by atoms with Gasteiger partial charge >= 0.3 is 12.1 Å². The molecule has 168 valence electrons. The van der Waals surface area contributed by atoms with Crippen LogP contribution in [0, 0.1) is 0 Å². The second-order valence-corrected chi connectivity index (χ2v) is 9.61. The zero-order chi connectivity index (χ0) is 21.1. The van der Waals surface area contributed by atoms with Crippen molar-refractivity contribution in [2.45, 2.75) is 103 Å². The van der Waals surface area contributed by atoms with Crippen LogP contribution in [-0.4, -0.2) is 66.3 Å². The summed E-state index contributed by atoms with van der Waals surface area (Å²) in [7, 11) is 0. The van der Waals surface area contributed by atoms with Crippen LogP contribution in [0.4, 0.5) is 4.79 Å². The molecule has 1 aliphatic carbocycles. The second kappa shape index (κ2) is 12.4. The minimum Gasteiger partial charge on any atom is -0.461 e. The number of hydrogen-bond acceptors (Lipinski definition) is 5. The molecule has 2 fully saturated rings. The molecule has 0 aromatic heterocycles. The Hall–Kier alpha value is -1.30. The molecule has 2 rings (SSSR count). The molecule has 1 amide bonds. The van der Waals surface area contributed by atoms with Crippen molar-refractivity contribution < 1.29 is 19.1 Å². The Morgan fingerprint density at radius 2 is 1.28 bits per heavy atom. The number of hydrogen-bond donors (Lipinski definition) is 0. The Kier molecular flexibility index (Phi) is 10.3. The third-order valence-corrected chi connectivity index (χ3v) is 5.73. The Balaban J connectivity index is 1.70. The van der Waals surface area contributed by atoms with Gasteiger partial charge in [-0.15, -0.1) is 0 Å². The number of piperazine rings is 1. The molecule has 1 aliphatic heterocycles. The molecule has 6 nitrogen and oxygen atoms in total. The average molecular weight is 411 g/mol. The fourth-order valence-electron chi connectivity index (χ4n) is 4.06. The molecule has 1 heterocycles. The van der Waals surface area contributed by atoms with Gasteiger partial charge in [-0.2, -0.15) is 0 Å². The van der Waals surface area contributed by atoms with E-state index in [2.05, 4.69) is 4.90 Å². The molecule has 0 spiro atoms. The van der Waals surface area contributed by atoms with Gasteiger partial charge in [-0.3, -0.25) is 9.69 Å². The van der Waals surface area contributed by atoms with E-state index in [1.807, 2.05) is 20.8 Å². The van der Waals surface area contributed by atoms with Crippen LogP contribution in [0.5, 0.6) is 0 Å². The molecular weight excluding hydrogens is 368 g/mol. The molecule has 0 bridgehead atoms. The zero-order valence-electron chi connectivity index (χ0n) is 18.9. The minimum absolute atomic E-state index is 0.0741. The molecule has 2 aliphatic rings. The molecule has 0 aromatic carbocycles. The van der Waals surface area contributed by atoms with Crippen LogP contribution in [0.3, 0.4) is 0 Å². The third kappa shape index (κ3) is 10.3. The van der Waals surface area contributed by atoms with Gasteiger partial charge in [0.15, 0.2) is 0 Å². The van der Waals surface area contributed by atoms with E-state index in [1.165, 1.54) is 44.9 Å². The highest BCUT2D eigenvalue weighted by Crippen LogP contribution is 2.19. The Labute approximate surface area is 177 Å². The van der Waals surface area contributed by atoms with E-state index in [-0.39, 0.29) is 18.2 Å². The van der Waals surface area contributed by atoms with Crippen molar-refractivity contribution in [1.29, 1.82) is 0 Å². The molecule has 0 N–H and O–H groups in total. The van der Waals surface area contributed by atoms with Crippen molar-refractivity contribution in [1.82, 2.24) is 9.80 Å². The number of esters is 1. The van der Waals surface area contributed by atoms with Gasteiger partial charge in [0, 0.05) is 26.2 Å². The van der Waals surface area contributed by atoms with Gasteiger partial charge < -0.3 is 14.4 Å². The lowest BCUT2D eigenvalue weighted by atomic mass is 9.99. The maximum atomic E-state index is 12.5. The predicted octanol–water partition coefficient (Wildman–Crippen LogP) is 4.76. The highest BCUT2D eigenvalue weighted by molar-refractivity contribution is 5.72. The second-order valence-electron chi connectivity index (χ2n) is 9.61. The highest BCUT2D eigenvalue weighted by Gasteiger charge is 2.27. The molecule has 1 saturated carbocycles. The fourth-order valence-corrected chi connectivity index (χ4v) is 4.06. The molecule has 29 heavy (non-hydrogen) atoms. The van der Waals surface area contributed by atoms with Crippen LogP contribution in [0.1, 0.15) is 91.4 Å². The normalized spacial score (nSPS) is 21.7. The van der Waals surface area contributed by atoms with Crippen molar-refractivity contribution in [2.75, 3.05) is 32.7 Å². The first kappa shape index (κ1) is 24.0. The summed E-state index contributed by atoms with van der Waals surface area (Å²) in [6.07, 6.45) is 13.3. The maximum Gasteiger partial charge on any atom is 0.410 e. The van der Waals surface area contributed by atoms with Crippen LogP contribution in [0.15, 0.2) is 0 Å².